The number of nitrogens with one attached hydrogen (secondary N) is 4. The average molecular weight is 428 g/mol. The first-order chi connectivity index (χ1) is 12.7. The molecule has 10 heteroatoms. The Morgan fingerprint density at radius 2 is 1.82 bits per heavy atom. The Morgan fingerprint density at radius 3 is 2.50 bits per heavy atom. The molecule has 152 valence electrons. The number of carbonyl (C=O) groups is 2. The van der Waals surface area contributed by atoms with Crippen molar-refractivity contribution in [3.63, 3.8) is 0 Å². The highest BCUT2D eigenvalue weighted by molar-refractivity contribution is 5.96. The van der Waals surface area contributed by atoms with Crippen molar-refractivity contribution >= 4 is 48.1 Å². The number of carbonyl (C=O) groups excluding carboxylic acids is 2. The van der Waals surface area contributed by atoms with Crippen molar-refractivity contribution in [1.82, 2.24) is 15.6 Å². The minimum absolute atomic E-state index is 0. The van der Waals surface area contributed by atoms with Gasteiger partial charge in [-0.3, -0.25) is 9.78 Å². The van der Waals surface area contributed by atoms with Crippen molar-refractivity contribution < 1.29 is 14.3 Å². The van der Waals surface area contributed by atoms with Crippen LogP contribution in [0.4, 0.5) is 16.2 Å². The predicted octanol–water partition coefficient (Wildman–Crippen LogP) is 2.17. The van der Waals surface area contributed by atoms with E-state index in [9.17, 15) is 9.59 Å². The Labute approximate surface area is 175 Å². The van der Waals surface area contributed by atoms with E-state index < -0.39 is 0 Å². The zero-order valence-electron chi connectivity index (χ0n) is 15.0. The van der Waals surface area contributed by atoms with Crippen molar-refractivity contribution in [1.29, 1.82) is 0 Å². The number of ether oxygens (including phenoxy) is 1. The van der Waals surface area contributed by atoms with Crippen LogP contribution >= 0.6 is 24.8 Å². The maximum atomic E-state index is 12.2. The van der Waals surface area contributed by atoms with Crippen LogP contribution in [-0.4, -0.2) is 42.7 Å². The Bertz CT molecular complexity index is 758. The smallest absolute Gasteiger partial charge is 0.319 e. The minimum atomic E-state index is -0.371. The maximum absolute atomic E-state index is 12.2. The molecular formula is C18H23Cl2N5O3. The van der Waals surface area contributed by atoms with Crippen LogP contribution in [0.3, 0.4) is 0 Å². The van der Waals surface area contributed by atoms with Crippen molar-refractivity contribution in [2.75, 3.05) is 30.4 Å². The normalized spacial score (nSPS) is 15.4. The molecule has 2 heterocycles. The number of rotatable bonds is 5. The molecule has 1 aliphatic heterocycles. The number of nitrogens with zero attached hydrogens (tertiary/aromatic N) is 1. The molecule has 0 radical (unpaired) electrons. The summed E-state index contributed by atoms with van der Waals surface area (Å²) in [6, 6.07) is 9.95. The summed E-state index contributed by atoms with van der Waals surface area (Å²) in [6.07, 6.45) is 3.35. The summed E-state index contributed by atoms with van der Waals surface area (Å²) in [5.74, 6) is -0.163. The summed E-state index contributed by atoms with van der Waals surface area (Å²) in [6.45, 7) is 2.01. The molecule has 1 aromatic carbocycles. The molecule has 0 saturated carbocycles. The summed E-state index contributed by atoms with van der Waals surface area (Å²) in [5.41, 5.74) is 2.15. The molecule has 1 aliphatic rings. The lowest BCUT2D eigenvalue weighted by molar-refractivity contribution is -0.120. The molecule has 0 aliphatic carbocycles. The number of aromatic nitrogens is 1. The van der Waals surface area contributed by atoms with Gasteiger partial charge in [-0.1, -0.05) is 6.07 Å². The van der Waals surface area contributed by atoms with Crippen LogP contribution < -0.4 is 21.3 Å². The van der Waals surface area contributed by atoms with Gasteiger partial charge in [0.2, 0.25) is 5.91 Å². The molecule has 0 spiro atoms. The monoisotopic (exact) mass is 427 g/mol. The highest BCUT2D eigenvalue weighted by atomic mass is 35.5. The van der Waals surface area contributed by atoms with E-state index in [2.05, 4.69) is 26.3 Å². The van der Waals surface area contributed by atoms with Gasteiger partial charge in [0.25, 0.3) is 0 Å². The lowest BCUT2D eigenvalue weighted by Crippen LogP contribution is -2.48. The fraction of sp³-hybridized carbons (Fsp3) is 0.278. The van der Waals surface area contributed by atoms with E-state index in [0.717, 1.165) is 5.56 Å². The number of pyridine rings is 1. The highest BCUT2D eigenvalue weighted by Crippen LogP contribution is 2.15. The Kier molecular flexibility index (Phi) is 10.3. The lowest BCUT2D eigenvalue weighted by Gasteiger charge is -2.23. The molecule has 4 N–H and O–H groups in total. The highest BCUT2D eigenvalue weighted by Gasteiger charge is 2.21. The van der Waals surface area contributed by atoms with Gasteiger partial charge in [0.15, 0.2) is 0 Å². The van der Waals surface area contributed by atoms with Gasteiger partial charge in [-0.15, -0.1) is 24.8 Å². The molecule has 0 bridgehead atoms. The van der Waals surface area contributed by atoms with Crippen molar-refractivity contribution in [3.05, 3.63) is 54.4 Å². The quantitative estimate of drug-likeness (QED) is 0.585. The van der Waals surface area contributed by atoms with E-state index in [1.165, 1.54) is 0 Å². The number of amides is 3. The summed E-state index contributed by atoms with van der Waals surface area (Å²) in [5, 5.41) is 11.4. The third kappa shape index (κ3) is 7.32. The molecule has 1 atom stereocenters. The van der Waals surface area contributed by atoms with Gasteiger partial charge in [-0.25, -0.2) is 4.79 Å². The van der Waals surface area contributed by atoms with E-state index in [1.54, 1.807) is 36.7 Å². The van der Waals surface area contributed by atoms with Crippen LogP contribution in [-0.2, 0) is 16.1 Å². The Hall–Kier alpha value is -2.39. The predicted molar refractivity (Wildman–Crippen MR) is 112 cm³/mol. The molecule has 3 rings (SSSR count). The van der Waals surface area contributed by atoms with Crippen LogP contribution in [0.15, 0.2) is 48.8 Å². The standard InChI is InChI=1S/C18H21N5O3.2ClH/c24-17(16-12-26-9-8-20-16)22-14-2-1-3-15(10-14)23-18(25)21-11-13-4-6-19-7-5-13;;/h1-7,10,16,20H,8-9,11-12H2,(H,22,24)(H2,21,23,25);2*1H. The van der Waals surface area contributed by atoms with E-state index >= 15 is 0 Å². The van der Waals surface area contributed by atoms with Crippen molar-refractivity contribution in [3.8, 4) is 0 Å². The second kappa shape index (κ2) is 12.1. The number of hydrogen-bond acceptors (Lipinski definition) is 5. The van der Waals surface area contributed by atoms with Crippen LogP contribution in [0.25, 0.3) is 0 Å². The van der Waals surface area contributed by atoms with Gasteiger partial charge in [-0.2, -0.15) is 0 Å². The van der Waals surface area contributed by atoms with Gasteiger partial charge in [0.05, 0.1) is 13.2 Å². The number of halogens is 2. The van der Waals surface area contributed by atoms with Crippen LogP contribution in [0, 0.1) is 0 Å². The zero-order valence-corrected chi connectivity index (χ0v) is 16.6. The minimum Gasteiger partial charge on any atom is -0.378 e. The summed E-state index contributed by atoms with van der Waals surface area (Å²) < 4.78 is 5.29. The Balaban J connectivity index is 0.00000196. The van der Waals surface area contributed by atoms with E-state index in [0.29, 0.717) is 37.7 Å². The molecule has 1 unspecified atom stereocenters. The summed E-state index contributed by atoms with van der Waals surface area (Å²) in [4.78, 5) is 28.1. The molecule has 3 amide bonds. The first-order valence-electron chi connectivity index (χ1n) is 8.36. The maximum Gasteiger partial charge on any atom is 0.319 e. The van der Waals surface area contributed by atoms with E-state index in [1.807, 2.05) is 12.1 Å². The second-order valence-electron chi connectivity index (χ2n) is 5.81. The fourth-order valence-corrected chi connectivity index (χ4v) is 2.50. The fourth-order valence-electron chi connectivity index (χ4n) is 2.50. The van der Waals surface area contributed by atoms with Gasteiger partial charge in [0.1, 0.15) is 6.04 Å². The molecule has 28 heavy (non-hydrogen) atoms. The van der Waals surface area contributed by atoms with Gasteiger partial charge >= 0.3 is 6.03 Å². The summed E-state index contributed by atoms with van der Waals surface area (Å²) >= 11 is 0. The molecule has 1 fully saturated rings. The second-order valence-corrected chi connectivity index (χ2v) is 5.81. The van der Waals surface area contributed by atoms with Crippen molar-refractivity contribution in [2.45, 2.75) is 12.6 Å². The molecule has 1 saturated heterocycles. The topological polar surface area (TPSA) is 104 Å². The Morgan fingerprint density at radius 1 is 1.11 bits per heavy atom. The van der Waals surface area contributed by atoms with Gasteiger partial charge in [0, 0.05) is 36.9 Å². The number of anilines is 2. The van der Waals surface area contributed by atoms with Gasteiger partial charge in [-0.05, 0) is 35.9 Å². The molecular weight excluding hydrogens is 405 g/mol. The first-order valence-corrected chi connectivity index (χ1v) is 8.36. The third-order valence-electron chi connectivity index (χ3n) is 3.83. The average Bonchev–Trinajstić information content (AvgIpc) is 2.68. The van der Waals surface area contributed by atoms with Crippen molar-refractivity contribution in [2.24, 2.45) is 0 Å². The number of benzene rings is 1. The molecule has 8 nitrogen and oxygen atoms in total. The zero-order chi connectivity index (χ0) is 18.2. The van der Waals surface area contributed by atoms with Gasteiger partial charge < -0.3 is 26.0 Å². The van der Waals surface area contributed by atoms with E-state index in [4.69, 9.17) is 4.74 Å². The van der Waals surface area contributed by atoms with E-state index in [-0.39, 0.29) is 42.8 Å². The SMILES string of the molecule is Cl.Cl.O=C(NCc1ccncc1)Nc1cccc(NC(=O)C2COCCN2)c1. The first kappa shape index (κ1) is 23.6. The lowest BCUT2D eigenvalue weighted by atomic mass is 10.2. The van der Waals surface area contributed by atoms with Crippen LogP contribution in [0.5, 0.6) is 0 Å². The molecule has 2 aromatic rings. The van der Waals surface area contributed by atoms with Crippen LogP contribution in [0.2, 0.25) is 0 Å². The van der Waals surface area contributed by atoms with Crippen LogP contribution in [0.1, 0.15) is 5.56 Å². The summed E-state index contributed by atoms with van der Waals surface area (Å²) in [7, 11) is 0. The number of morpholine rings is 1. The third-order valence-corrected chi connectivity index (χ3v) is 3.83. The largest absolute Gasteiger partial charge is 0.378 e. The molecule has 1 aromatic heterocycles. The number of hydrogen-bond donors (Lipinski definition) is 4. The number of urea groups is 1.